The first-order chi connectivity index (χ1) is 10.7. The summed E-state index contributed by atoms with van der Waals surface area (Å²) in [6, 6.07) is 7.47. The molecule has 1 aliphatic rings. The normalized spacial score (nSPS) is 13.6. The fraction of sp³-hybridized carbons (Fsp3) is 0.125. The van der Waals surface area contributed by atoms with Crippen LogP contribution in [0.5, 0.6) is 0 Å². The van der Waals surface area contributed by atoms with Crippen molar-refractivity contribution in [2.45, 2.75) is 0 Å². The van der Waals surface area contributed by atoms with E-state index in [4.69, 9.17) is 10.4 Å². The predicted molar refractivity (Wildman–Crippen MR) is 79.8 cm³/mol. The quantitative estimate of drug-likeness (QED) is 0.917. The highest BCUT2D eigenvalue weighted by molar-refractivity contribution is 5.78. The first-order valence-corrected chi connectivity index (χ1v) is 6.66. The summed E-state index contributed by atoms with van der Waals surface area (Å²) in [5.41, 5.74) is 3.89. The van der Waals surface area contributed by atoms with Crippen LogP contribution in [0.25, 0.3) is 16.7 Å². The standard InChI is InChI=1S/C16H12N4O2/c17-7-15-6-11(1-3-19-15)13-5-14(9-18-8-13)12-2-4-20(10-12)16(21)22/h1-3,5-6,8-9H,4,10H2,(H,21,22). The van der Waals surface area contributed by atoms with E-state index in [0.29, 0.717) is 18.8 Å². The zero-order valence-corrected chi connectivity index (χ0v) is 11.6. The lowest BCUT2D eigenvalue weighted by Crippen LogP contribution is -2.26. The molecule has 0 atom stereocenters. The number of carbonyl (C=O) groups is 1. The molecule has 108 valence electrons. The summed E-state index contributed by atoms with van der Waals surface area (Å²) in [4.78, 5) is 20.5. The van der Waals surface area contributed by atoms with Crippen LogP contribution in [-0.2, 0) is 0 Å². The Labute approximate surface area is 127 Å². The van der Waals surface area contributed by atoms with Gasteiger partial charge in [-0.05, 0) is 34.9 Å². The van der Waals surface area contributed by atoms with E-state index < -0.39 is 6.09 Å². The zero-order valence-electron chi connectivity index (χ0n) is 11.6. The van der Waals surface area contributed by atoms with Crippen LogP contribution in [-0.4, -0.2) is 39.2 Å². The van der Waals surface area contributed by atoms with Crippen LogP contribution < -0.4 is 0 Å². The molecule has 0 aromatic carbocycles. The van der Waals surface area contributed by atoms with Gasteiger partial charge in [-0.25, -0.2) is 9.78 Å². The van der Waals surface area contributed by atoms with Crippen molar-refractivity contribution in [3.05, 3.63) is 54.1 Å². The maximum Gasteiger partial charge on any atom is 0.407 e. The molecule has 1 N–H and O–H groups in total. The molecule has 0 unspecified atom stereocenters. The number of rotatable bonds is 2. The van der Waals surface area contributed by atoms with E-state index in [1.165, 1.54) is 4.90 Å². The number of nitriles is 1. The number of pyridine rings is 2. The van der Waals surface area contributed by atoms with Gasteiger partial charge in [0.25, 0.3) is 0 Å². The molecule has 22 heavy (non-hydrogen) atoms. The maximum absolute atomic E-state index is 11.0. The van der Waals surface area contributed by atoms with E-state index in [1.807, 2.05) is 24.3 Å². The van der Waals surface area contributed by atoms with E-state index >= 15 is 0 Å². The lowest BCUT2D eigenvalue weighted by molar-refractivity contribution is 0.158. The zero-order chi connectivity index (χ0) is 15.5. The molecular weight excluding hydrogens is 280 g/mol. The molecule has 0 saturated heterocycles. The minimum atomic E-state index is -0.928. The third-order valence-corrected chi connectivity index (χ3v) is 3.51. The van der Waals surface area contributed by atoms with Gasteiger partial charge in [-0.15, -0.1) is 0 Å². The third kappa shape index (κ3) is 2.65. The van der Waals surface area contributed by atoms with Crippen LogP contribution in [0.4, 0.5) is 4.79 Å². The molecule has 0 radical (unpaired) electrons. The Morgan fingerprint density at radius 1 is 1.27 bits per heavy atom. The summed E-state index contributed by atoms with van der Waals surface area (Å²) in [7, 11) is 0. The lowest BCUT2D eigenvalue weighted by Gasteiger charge is -2.11. The predicted octanol–water partition coefficient (Wildman–Crippen LogP) is 2.39. The Morgan fingerprint density at radius 3 is 2.82 bits per heavy atom. The van der Waals surface area contributed by atoms with Crippen molar-refractivity contribution < 1.29 is 9.90 Å². The molecule has 0 saturated carbocycles. The van der Waals surface area contributed by atoms with Gasteiger partial charge in [-0.2, -0.15) is 5.26 Å². The van der Waals surface area contributed by atoms with Crippen LogP contribution in [0.1, 0.15) is 11.3 Å². The van der Waals surface area contributed by atoms with Crippen molar-refractivity contribution in [2.24, 2.45) is 0 Å². The Balaban J connectivity index is 1.91. The number of aromatic nitrogens is 2. The molecule has 1 aliphatic heterocycles. The van der Waals surface area contributed by atoms with Gasteiger partial charge in [-0.3, -0.25) is 4.98 Å². The van der Waals surface area contributed by atoms with Gasteiger partial charge < -0.3 is 10.0 Å². The molecule has 0 spiro atoms. The van der Waals surface area contributed by atoms with Gasteiger partial charge in [0.1, 0.15) is 11.8 Å². The highest BCUT2D eigenvalue weighted by atomic mass is 16.4. The summed E-state index contributed by atoms with van der Waals surface area (Å²) >= 11 is 0. The van der Waals surface area contributed by atoms with Crippen molar-refractivity contribution in [1.82, 2.24) is 14.9 Å². The number of hydrogen-bond acceptors (Lipinski definition) is 4. The topological polar surface area (TPSA) is 90.1 Å². The monoisotopic (exact) mass is 292 g/mol. The molecule has 0 fully saturated rings. The van der Waals surface area contributed by atoms with Gasteiger partial charge in [0.2, 0.25) is 0 Å². The first-order valence-electron chi connectivity index (χ1n) is 6.66. The molecule has 1 amide bonds. The van der Waals surface area contributed by atoms with Gasteiger partial charge in [-0.1, -0.05) is 6.08 Å². The summed E-state index contributed by atoms with van der Waals surface area (Å²) in [6.45, 7) is 0.753. The van der Waals surface area contributed by atoms with Crippen LogP contribution in [0, 0.1) is 11.3 Å². The van der Waals surface area contributed by atoms with E-state index in [0.717, 1.165) is 22.3 Å². The average Bonchev–Trinajstić information content (AvgIpc) is 3.05. The second kappa shape index (κ2) is 5.66. The lowest BCUT2D eigenvalue weighted by atomic mass is 10.0. The smallest absolute Gasteiger partial charge is 0.407 e. The number of carboxylic acid groups (broad SMARTS) is 1. The van der Waals surface area contributed by atoms with Crippen molar-refractivity contribution in [3.8, 4) is 17.2 Å². The van der Waals surface area contributed by atoms with E-state index in [-0.39, 0.29) is 0 Å². The molecule has 6 heteroatoms. The molecular formula is C16H12N4O2. The van der Waals surface area contributed by atoms with Gasteiger partial charge >= 0.3 is 6.09 Å². The summed E-state index contributed by atoms with van der Waals surface area (Å²) in [5, 5.41) is 17.9. The van der Waals surface area contributed by atoms with Crippen molar-refractivity contribution >= 4 is 11.7 Å². The molecule has 0 bridgehead atoms. The molecule has 3 rings (SSSR count). The van der Waals surface area contributed by atoms with Gasteiger partial charge in [0.05, 0.1) is 0 Å². The highest BCUT2D eigenvalue weighted by Crippen LogP contribution is 2.25. The molecule has 2 aromatic rings. The number of nitrogens with zero attached hydrogens (tertiary/aromatic N) is 4. The molecule has 0 aliphatic carbocycles. The third-order valence-electron chi connectivity index (χ3n) is 3.51. The maximum atomic E-state index is 11.0. The first kappa shape index (κ1) is 13.8. The molecule has 2 aromatic heterocycles. The number of hydrogen-bond donors (Lipinski definition) is 1. The van der Waals surface area contributed by atoms with Crippen molar-refractivity contribution in [3.63, 3.8) is 0 Å². The fourth-order valence-electron chi connectivity index (χ4n) is 2.35. The van der Waals surface area contributed by atoms with Crippen LogP contribution in [0.3, 0.4) is 0 Å². The Kier molecular flexibility index (Phi) is 3.54. The second-order valence-corrected chi connectivity index (χ2v) is 4.90. The van der Waals surface area contributed by atoms with Crippen LogP contribution >= 0.6 is 0 Å². The Bertz CT molecular complexity index is 808. The SMILES string of the molecule is N#Cc1cc(-c2cncc(C3=CCN(C(=O)O)C3)c2)ccn1. The average molecular weight is 292 g/mol. The largest absolute Gasteiger partial charge is 0.465 e. The highest BCUT2D eigenvalue weighted by Gasteiger charge is 2.19. The van der Waals surface area contributed by atoms with E-state index in [2.05, 4.69) is 9.97 Å². The number of amides is 1. The van der Waals surface area contributed by atoms with Gasteiger partial charge in [0.15, 0.2) is 0 Å². The van der Waals surface area contributed by atoms with Crippen molar-refractivity contribution in [1.29, 1.82) is 5.26 Å². The van der Waals surface area contributed by atoms with Crippen molar-refractivity contribution in [2.75, 3.05) is 13.1 Å². The fourth-order valence-corrected chi connectivity index (χ4v) is 2.35. The minimum absolute atomic E-state index is 0.347. The molecule has 6 nitrogen and oxygen atoms in total. The van der Waals surface area contributed by atoms with E-state index in [1.54, 1.807) is 24.7 Å². The van der Waals surface area contributed by atoms with E-state index in [9.17, 15) is 4.79 Å². The van der Waals surface area contributed by atoms with Crippen LogP contribution in [0.2, 0.25) is 0 Å². The van der Waals surface area contributed by atoms with Crippen LogP contribution in [0.15, 0.2) is 42.9 Å². The summed E-state index contributed by atoms with van der Waals surface area (Å²) < 4.78 is 0. The summed E-state index contributed by atoms with van der Waals surface area (Å²) in [6.07, 6.45) is 5.98. The second-order valence-electron chi connectivity index (χ2n) is 4.90. The Hall–Kier alpha value is -3.20. The Morgan fingerprint density at radius 2 is 2.09 bits per heavy atom. The molecule has 3 heterocycles. The summed E-state index contributed by atoms with van der Waals surface area (Å²) in [5.74, 6) is 0. The van der Waals surface area contributed by atoms with Gasteiger partial charge in [0, 0.05) is 37.2 Å². The minimum Gasteiger partial charge on any atom is -0.465 e.